The van der Waals surface area contributed by atoms with Crippen LogP contribution in [-0.4, -0.2) is 39.9 Å². The predicted molar refractivity (Wildman–Crippen MR) is 121 cm³/mol. The van der Waals surface area contributed by atoms with Crippen LogP contribution in [0.4, 0.5) is 5.69 Å². The molecule has 3 aromatic rings. The molecule has 1 N–H and O–H groups in total. The van der Waals surface area contributed by atoms with Crippen molar-refractivity contribution in [1.82, 2.24) is 15.0 Å². The summed E-state index contributed by atoms with van der Waals surface area (Å²) in [5.74, 6) is 0.961. The Morgan fingerprint density at radius 3 is 2.81 bits per heavy atom. The molecule has 2 heterocycles. The fourth-order valence-electron chi connectivity index (χ4n) is 3.64. The van der Waals surface area contributed by atoms with Crippen LogP contribution in [0.3, 0.4) is 0 Å². The first-order valence-corrected chi connectivity index (χ1v) is 11.1. The third-order valence-corrected chi connectivity index (χ3v) is 5.85. The van der Waals surface area contributed by atoms with Crippen molar-refractivity contribution < 1.29 is 14.1 Å². The van der Waals surface area contributed by atoms with E-state index in [1.54, 1.807) is 6.92 Å². The molecule has 4 rings (SSSR count). The molecule has 1 fully saturated rings. The number of aromatic nitrogens is 2. The van der Waals surface area contributed by atoms with Gasteiger partial charge in [-0.25, -0.2) is 0 Å². The van der Waals surface area contributed by atoms with Crippen molar-refractivity contribution in [2.45, 2.75) is 32.1 Å². The van der Waals surface area contributed by atoms with E-state index >= 15 is 0 Å². The number of anilines is 1. The molecule has 31 heavy (non-hydrogen) atoms. The van der Waals surface area contributed by atoms with Crippen molar-refractivity contribution >= 4 is 33.4 Å². The molecule has 0 radical (unpaired) electrons. The van der Waals surface area contributed by atoms with E-state index in [2.05, 4.69) is 31.4 Å². The average Bonchev–Trinajstić information content (AvgIpc) is 3.30. The Balaban J connectivity index is 1.47. The maximum atomic E-state index is 12.9. The largest absolute Gasteiger partial charge is 0.339 e. The molecule has 0 spiro atoms. The lowest BCUT2D eigenvalue weighted by molar-refractivity contribution is -0.115. The van der Waals surface area contributed by atoms with Crippen LogP contribution in [0, 0.1) is 0 Å². The quantitative estimate of drug-likeness (QED) is 0.560. The highest BCUT2D eigenvalue weighted by molar-refractivity contribution is 9.10. The second-order valence-corrected chi connectivity index (χ2v) is 8.45. The summed E-state index contributed by atoms with van der Waals surface area (Å²) in [4.78, 5) is 31.0. The number of nitrogens with zero attached hydrogens (tertiary/aromatic N) is 3. The van der Waals surface area contributed by atoms with Crippen LogP contribution in [-0.2, 0) is 4.79 Å². The first-order chi connectivity index (χ1) is 15.0. The predicted octanol–water partition coefficient (Wildman–Crippen LogP) is 4.87. The fraction of sp³-hybridized carbons (Fsp3) is 0.304. The summed E-state index contributed by atoms with van der Waals surface area (Å²) in [6.07, 6.45) is 2.18. The number of carbonyl (C=O) groups excluding carboxylic acids is 2. The molecule has 1 aromatic heterocycles. The Hall–Kier alpha value is -3.00. The van der Waals surface area contributed by atoms with Crippen molar-refractivity contribution in [3.63, 3.8) is 0 Å². The van der Waals surface area contributed by atoms with E-state index in [4.69, 9.17) is 4.52 Å². The standard InChI is InChI=1S/C23H23BrN4O3/c1-2-20(29)25-19-7-3-5-16(13-19)21-26-22(31-27-21)17-6-4-12-28(14-17)23(30)15-8-10-18(24)11-9-15/h3,5,7-11,13,17H,2,4,6,12,14H2,1H3,(H,25,29)/t17-/m0/s1. The van der Waals surface area contributed by atoms with Gasteiger partial charge in [-0.3, -0.25) is 9.59 Å². The third kappa shape index (κ3) is 5.02. The smallest absolute Gasteiger partial charge is 0.253 e. The summed E-state index contributed by atoms with van der Waals surface area (Å²) < 4.78 is 6.50. The molecule has 1 atom stereocenters. The third-order valence-electron chi connectivity index (χ3n) is 5.32. The minimum Gasteiger partial charge on any atom is -0.339 e. The summed E-state index contributed by atoms with van der Waals surface area (Å²) >= 11 is 3.40. The monoisotopic (exact) mass is 482 g/mol. The Morgan fingerprint density at radius 2 is 2.03 bits per heavy atom. The Bertz CT molecular complexity index is 1080. The molecule has 2 aromatic carbocycles. The van der Waals surface area contributed by atoms with Gasteiger partial charge in [0.2, 0.25) is 17.6 Å². The average molecular weight is 483 g/mol. The van der Waals surface area contributed by atoms with Crippen LogP contribution in [0.1, 0.15) is 48.4 Å². The number of amides is 2. The lowest BCUT2D eigenvalue weighted by Crippen LogP contribution is -2.39. The molecular formula is C23H23BrN4O3. The Labute approximate surface area is 189 Å². The van der Waals surface area contributed by atoms with Gasteiger partial charge in [-0.2, -0.15) is 4.98 Å². The van der Waals surface area contributed by atoms with E-state index in [1.807, 2.05) is 53.4 Å². The van der Waals surface area contributed by atoms with E-state index in [9.17, 15) is 9.59 Å². The van der Waals surface area contributed by atoms with Crippen molar-refractivity contribution in [1.29, 1.82) is 0 Å². The summed E-state index contributed by atoms with van der Waals surface area (Å²) in [6.45, 7) is 3.06. The van der Waals surface area contributed by atoms with E-state index < -0.39 is 0 Å². The summed E-state index contributed by atoms with van der Waals surface area (Å²) in [5, 5.41) is 6.97. The number of rotatable bonds is 5. The topological polar surface area (TPSA) is 88.3 Å². The maximum absolute atomic E-state index is 12.9. The number of hydrogen-bond acceptors (Lipinski definition) is 5. The number of hydrogen-bond donors (Lipinski definition) is 1. The van der Waals surface area contributed by atoms with E-state index in [0.717, 1.165) is 22.9 Å². The zero-order chi connectivity index (χ0) is 21.8. The summed E-state index contributed by atoms with van der Waals surface area (Å²) in [7, 11) is 0. The number of piperidine rings is 1. The number of likely N-dealkylation sites (tertiary alicyclic amines) is 1. The maximum Gasteiger partial charge on any atom is 0.253 e. The second-order valence-electron chi connectivity index (χ2n) is 7.54. The van der Waals surface area contributed by atoms with Gasteiger partial charge in [-0.15, -0.1) is 0 Å². The summed E-state index contributed by atoms with van der Waals surface area (Å²) in [6, 6.07) is 14.8. The second kappa shape index (κ2) is 9.43. The molecule has 0 bridgehead atoms. The lowest BCUT2D eigenvalue weighted by atomic mass is 9.97. The minimum absolute atomic E-state index is 0.00243. The van der Waals surface area contributed by atoms with Gasteiger partial charge < -0.3 is 14.7 Å². The molecule has 0 unspecified atom stereocenters. The van der Waals surface area contributed by atoms with Gasteiger partial charge in [0.05, 0.1) is 5.92 Å². The molecule has 1 saturated heterocycles. The van der Waals surface area contributed by atoms with Crippen LogP contribution in [0.25, 0.3) is 11.4 Å². The van der Waals surface area contributed by atoms with Gasteiger partial charge in [-0.1, -0.05) is 40.1 Å². The van der Waals surface area contributed by atoms with Crippen molar-refractivity contribution in [2.75, 3.05) is 18.4 Å². The Morgan fingerprint density at radius 1 is 1.23 bits per heavy atom. The normalized spacial score (nSPS) is 16.2. The van der Waals surface area contributed by atoms with E-state index in [1.165, 1.54) is 0 Å². The van der Waals surface area contributed by atoms with Crippen molar-refractivity contribution in [2.24, 2.45) is 0 Å². The highest BCUT2D eigenvalue weighted by Gasteiger charge is 2.29. The molecular weight excluding hydrogens is 460 g/mol. The van der Waals surface area contributed by atoms with E-state index in [0.29, 0.717) is 42.5 Å². The zero-order valence-corrected chi connectivity index (χ0v) is 18.8. The minimum atomic E-state index is -0.0521. The highest BCUT2D eigenvalue weighted by atomic mass is 79.9. The first-order valence-electron chi connectivity index (χ1n) is 10.3. The van der Waals surface area contributed by atoms with Crippen molar-refractivity contribution in [3.8, 4) is 11.4 Å². The zero-order valence-electron chi connectivity index (χ0n) is 17.2. The summed E-state index contributed by atoms with van der Waals surface area (Å²) in [5.41, 5.74) is 2.13. The molecule has 2 amide bonds. The van der Waals surface area contributed by atoms with Crippen LogP contribution in [0.5, 0.6) is 0 Å². The Kier molecular flexibility index (Phi) is 6.46. The molecule has 0 saturated carbocycles. The van der Waals surface area contributed by atoms with Gasteiger partial charge in [0, 0.05) is 40.8 Å². The van der Waals surface area contributed by atoms with Gasteiger partial charge >= 0.3 is 0 Å². The molecule has 0 aliphatic carbocycles. The number of carbonyl (C=O) groups is 2. The number of benzene rings is 2. The number of nitrogens with one attached hydrogen (secondary N) is 1. The fourth-order valence-corrected chi connectivity index (χ4v) is 3.91. The molecule has 1 aliphatic heterocycles. The van der Waals surface area contributed by atoms with Gasteiger partial charge in [0.15, 0.2) is 0 Å². The van der Waals surface area contributed by atoms with Crippen LogP contribution in [0.2, 0.25) is 0 Å². The van der Waals surface area contributed by atoms with E-state index in [-0.39, 0.29) is 17.7 Å². The van der Waals surface area contributed by atoms with Crippen molar-refractivity contribution in [3.05, 3.63) is 64.5 Å². The van der Waals surface area contributed by atoms with Crippen LogP contribution < -0.4 is 5.32 Å². The molecule has 8 heteroatoms. The molecule has 160 valence electrons. The van der Waals surface area contributed by atoms with Gasteiger partial charge in [0.1, 0.15) is 0 Å². The molecule has 7 nitrogen and oxygen atoms in total. The lowest BCUT2D eigenvalue weighted by Gasteiger charge is -2.31. The molecule has 1 aliphatic rings. The van der Waals surface area contributed by atoms with Crippen LogP contribution >= 0.6 is 15.9 Å². The highest BCUT2D eigenvalue weighted by Crippen LogP contribution is 2.29. The SMILES string of the molecule is CCC(=O)Nc1cccc(-c2noc([C@H]3CCCN(C(=O)c4ccc(Br)cc4)C3)n2)c1. The van der Waals surface area contributed by atoms with Gasteiger partial charge in [0.25, 0.3) is 5.91 Å². The first kappa shape index (κ1) is 21.2. The number of halogens is 1. The van der Waals surface area contributed by atoms with Crippen LogP contribution in [0.15, 0.2) is 57.5 Å². The van der Waals surface area contributed by atoms with Gasteiger partial charge in [-0.05, 0) is 49.2 Å².